The maximum absolute atomic E-state index is 12.4. The van der Waals surface area contributed by atoms with E-state index in [4.69, 9.17) is 4.74 Å². The molecule has 0 radical (unpaired) electrons. The fourth-order valence-corrected chi connectivity index (χ4v) is 3.97. The first-order valence-electron chi connectivity index (χ1n) is 10.4. The summed E-state index contributed by atoms with van der Waals surface area (Å²) in [5, 5.41) is 2.74. The van der Waals surface area contributed by atoms with Gasteiger partial charge < -0.3 is 10.1 Å². The van der Waals surface area contributed by atoms with Gasteiger partial charge in [0, 0.05) is 18.7 Å². The van der Waals surface area contributed by atoms with Gasteiger partial charge in [-0.1, -0.05) is 26.2 Å². The lowest BCUT2D eigenvalue weighted by molar-refractivity contribution is -0.140. The van der Waals surface area contributed by atoms with Crippen molar-refractivity contribution < 1.29 is 23.9 Å². The number of ether oxygens (including phenoxy) is 1. The summed E-state index contributed by atoms with van der Waals surface area (Å²) in [5.41, 5.74) is 0.975. The summed E-state index contributed by atoms with van der Waals surface area (Å²) >= 11 is 0. The molecule has 1 aliphatic carbocycles. The van der Waals surface area contributed by atoms with Gasteiger partial charge >= 0.3 is 5.97 Å². The van der Waals surface area contributed by atoms with Crippen LogP contribution in [0.5, 0.6) is 0 Å². The van der Waals surface area contributed by atoms with Crippen LogP contribution in [-0.2, 0) is 19.1 Å². The van der Waals surface area contributed by atoms with E-state index in [2.05, 4.69) is 5.32 Å². The molecule has 1 aliphatic heterocycles. The van der Waals surface area contributed by atoms with E-state index >= 15 is 0 Å². The number of nitrogens with one attached hydrogen (secondary N) is 1. The molecule has 1 heterocycles. The minimum atomic E-state index is -0.385. The molecule has 1 aromatic rings. The quantitative estimate of drug-likeness (QED) is 0.411. The Morgan fingerprint density at radius 3 is 2.28 bits per heavy atom. The average molecular weight is 400 g/mol. The van der Waals surface area contributed by atoms with Crippen LogP contribution < -0.4 is 5.32 Å². The maximum atomic E-state index is 12.4. The van der Waals surface area contributed by atoms with E-state index < -0.39 is 0 Å². The van der Waals surface area contributed by atoms with Gasteiger partial charge in [-0.2, -0.15) is 0 Å². The molecular weight excluding hydrogens is 372 g/mol. The Labute approximate surface area is 170 Å². The number of anilines is 1. The molecule has 0 aromatic heterocycles. The third-order valence-corrected chi connectivity index (χ3v) is 5.63. The predicted molar refractivity (Wildman–Crippen MR) is 107 cm³/mol. The van der Waals surface area contributed by atoms with Crippen LogP contribution in [0, 0.1) is 11.8 Å². The molecule has 7 heteroatoms. The van der Waals surface area contributed by atoms with Crippen LogP contribution in [-0.4, -0.2) is 41.7 Å². The molecule has 3 amide bonds. The zero-order valence-corrected chi connectivity index (χ0v) is 16.8. The number of esters is 1. The molecule has 3 rings (SSSR count). The van der Waals surface area contributed by atoms with E-state index in [1.165, 1.54) is 4.90 Å². The van der Waals surface area contributed by atoms with Gasteiger partial charge in [0.25, 0.3) is 0 Å². The number of fused-ring (bicyclic) bond motifs is 1. The summed E-state index contributed by atoms with van der Waals surface area (Å²) in [4.78, 5) is 50.3. The van der Waals surface area contributed by atoms with Crippen molar-refractivity contribution in [1.29, 1.82) is 0 Å². The van der Waals surface area contributed by atoms with Crippen molar-refractivity contribution in [2.75, 3.05) is 18.5 Å². The van der Waals surface area contributed by atoms with Gasteiger partial charge in [0.1, 0.15) is 0 Å². The first-order valence-corrected chi connectivity index (χ1v) is 10.4. The molecule has 2 aliphatic rings. The molecule has 156 valence electrons. The molecule has 2 fully saturated rings. The fourth-order valence-electron chi connectivity index (χ4n) is 3.97. The van der Waals surface area contributed by atoms with Crippen molar-refractivity contribution in [3.05, 3.63) is 29.8 Å². The highest BCUT2D eigenvalue weighted by atomic mass is 16.5. The molecule has 0 spiro atoms. The monoisotopic (exact) mass is 400 g/mol. The summed E-state index contributed by atoms with van der Waals surface area (Å²) in [6.07, 6.45) is 5.33. The number of nitrogens with zero attached hydrogens (tertiary/aromatic N) is 1. The lowest BCUT2D eigenvalue weighted by Crippen LogP contribution is -2.34. The molecule has 1 aromatic carbocycles. The first kappa shape index (κ1) is 21.0. The molecule has 29 heavy (non-hydrogen) atoms. The minimum Gasteiger partial charge on any atom is -0.462 e. The lowest BCUT2D eigenvalue weighted by Gasteiger charge is -2.19. The molecule has 1 saturated heterocycles. The number of unbranched alkanes of at least 4 members (excludes halogenated alkanes) is 1. The first-order chi connectivity index (χ1) is 14.0. The van der Waals surface area contributed by atoms with Gasteiger partial charge in [0.05, 0.1) is 24.0 Å². The molecule has 7 nitrogen and oxygen atoms in total. The highest BCUT2D eigenvalue weighted by Gasteiger charge is 2.47. The van der Waals surface area contributed by atoms with Crippen LogP contribution in [0.3, 0.4) is 0 Å². The maximum Gasteiger partial charge on any atom is 0.338 e. The molecule has 1 saturated carbocycles. The Kier molecular flexibility index (Phi) is 7.01. The summed E-state index contributed by atoms with van der Waals surface area (Å²) in [5.74, 6) is -1.30. The van der Waals surface area contributed by atoms with E-state index in [9.17, 15) is 19.2 Å². The van der Waals surface area contributed by atoms with Gasteiger partial charge in [0.2, 0.25) is 17.7 Å². The summed E-state index contributed by atoms with van der Waals surface area (Å²) in [6, 6.07) is 6.47. The van der Waals surface area contributed by atoms with E-state index in [0.29, 0.717) is 17.9 Å². The Hall–Kier alpha value is -2.70. The van der Waals surface area contributed by atoms with Crippen molar-refractivity contribution >= 4 is 29.4 Å². The number of likely N-dealkylation sites (tertiary alicyclic amines) is 1. The summed E-state index contributed by atoms with van der Waals surface area (Å²) < 4.78 is 5.15. The van der Waals surface area contributed by atoms with Crippen LogP contribution >= 0.6 is 0 Å². The standard InChI is InChI=1S/C22H28N2O5/c1-2-3-14-29-22(28)15-8-10-16(11-9-15)23-19(25)12-13-24-20(26)17-6-4-5-7-18(17)21(24)27/h8-11,17-18H,2-7,12-14H2,1H3,(H,23,25)/t17-,18+. The third-order valence-electron chi connectivity index (χ3n) is 5.63. The van der Waals surface area contributed by atoms with Gasteiger partial charge in [-0.15, -0.1) is 0 Å². The average Bonchev–Trinajstić information content (AvgIpc) is 2.97. The SMILES string of the molecule is CCCCOC(=O)c1ccc(NC(=O)CCN2C(=O)[C@H]3CCCC[C@H]3C2=O)cc1. The van der Waals surface area contributed by atoms with Crippen LogP contribution in [0.1, 0.15) is 62.2 Å². The number of benzene rings is 1. The summed E-state index contributed by atoms with van der Waals surface area (Å²) in [6.45, 7) is 2.52. The number of imide groups is 1. The van der Waals surface area contributed by atoms with Crippen molar-refractivity contribution in [2.45, 2.75) is 51.9 Å². The largest absolute Gasteiger partial charge is 0.462 e. The smallest absolute Gasteiger partial charge is 0.338 e. The fraction of sp³-hybridized carbons (Fsp3) is 0.545. The second kappa shape index (κ2) is 9.67. The van der Waals surface area contributed by atoms with Gasteiger partial charge in [0.15, 0.2) is 0 Å². The second-order valence-corrected chi connectivity index (χ2v) is 7.69. The minimum absolute atomic E-state index is 0.0533. The van der Waals surface area contributed by atoms with Crippen LogP contribution in [0.2, 0.25) is 0 Å². The third kappa shape index (κ3) is 5.02. The van der Waals surface area contributed by atoms with Crippen molar-refractivity contribution in [1.82, 2.24) is 4.90 Å². The van der Waals surface area contributed by atoms with E-state index in [1.807, 2.05) is 6.92 Å². The zero-order valence-electron chi connectivity index (χ0n) is 16.8. The molecular formula is C22H28N2O5. The highest BCUT2D eigenvalue weighted by molar-refractivity contribution is 6.05. The number of hydrogen-bond acceptors (Lipinski definition) is 5. The van der Waals surface area contributed by atoms with Crippen molar-refractivity contribution in [2.24, 2.45) is 11.8 Å². The van der Waals surface area contributed by atoms with Crippen LogP contribution in [0.4, 0.5) is 5.69 Å². The van der Waals surface area contributed by atoms with Gasteiger partial charge in [-0.25, -0.2) is 4.79 Å². The second-order valence-electron chi connectivity index (χ2n) is 7.69. The van der Waals surface area contributed by atoms with Crippen molar-refractivity contribution in [3.8, 4) is 0 Å². The highest BCUT2D eigenvalue weighted by Crippen LogP contribution is 2.37. The predicted octanol–water partition coefficient (Wildman–Crippen LogP) is 3.15. The van der Waals surface area contributed by atoms with E-state index in [-0.39, 0.29) is 48.5 Å². The summed E-state index contributed by atoms with van der Waals surface area (Å²) in [7, 11) is 0. The number of carbonyl (C=O) groups excluding carboxylic acids is 4. The Morgan fingerprint density at radius 2 is 1.69 bits per heavy atom. The van der Waals surface area contributed by atoms with Gasteiger partial charge in [-0.3, -0.25) is 19.3 Å². The van der Waals surface area contributed by atoms with Crippen LogP contribution in [0.25, 0.3) is 0 Å². The molecule has 1 N–H and O–H groups in total. The normalized spacial score (nSPS) is 21.1. The lowest BCUT2D eigenvalue weighted by atomic mass is 9.81. The molecule has 2 atom stereocenters. The Bertz CT molecular complexity index is 750. The molecule has 0 bridgehead atoms. The van der Waals surface area contributed by atoms with E-state index in [1.54, 1.807) is 24.3 Å². The number of rotatable bonds is 8. The van der Waals surface area contributed by atoms with Crippen molar-refractivity contribution in [3.63, 3.8) is 0 Å². The number of hydrogen-bond donors (Lipinski definition) is 1. The van der Waals surface area contributed by atoms with Crippen LogP contribution in [0.15, 0.2) is 24.3 Å². The van der Waals surface area contributed by atoms with E-state index in [0.717, 1.165) is 38.5 Å². The zero-order chi connectivity index (χ0) is 20.8. The Morgan fingerprint density at radius 1 is 1.07 bits per heavy atom. The molecule has 0 unspecified atom stereocenters. The number of carbonyl (C=O) groups is 4. The van der Waals surface area contributed by atoms with Gasteiger partial charge in [-0.05, 0) is 43.5 Å². The Balaban J connectivity index is 1.48. The topological polar surface area (TPSA) is 92.8 Å². The number of amides is 3.